The Morgan fingerprint density at radius 3 is 2.56 bits per heavy atom. The fourth-order valence-corrected chi connectivity index (χ4v) is 3.66. The number of aliphatic hydroxyl groups is 1. The zero-order valence-electron chi connectivity index (χ0n) is 10.6. The van der Waals surface area contributed by atoms with Gasteiger partial charge < -0.3 is 10.4 Å². The molecule has 0 aromatic carbocycles. The number of hydrogen-bond donors (Lipinski definition) is 2. The van der Waals surface area contributed by atoms with Crippen molar-refractivity contribution in [1.82, 2.24) is 5.32 Å². The molecule has 4 atom stereocenters. The molecule has 0 amide bonds. The molecule has 2 fully saturated rings. The van der Waals surface area contributed by atoms with Crippen LogP contribution in [0.2, 0.25) is 0 Å². The van der Waals surface area contributed by atoms with Crippen molar-refractivity contribution in [2.45, 2.75) is 70.4 Å². The van der Waals surface area contributed by atoms with Crippen molar-refractivity contribution in [3.05, 3.63) is 0 Å². The van der Waals surface area contributed by atoms with Gasteiger partial charge in [-0.2, -0.15) is 0 Å². The molecule has 94 valence electrons. The second-order valence-corrected chi connectivity index (χ2v) is 5.77. The molecular weight excluding hydrogens is 198 g/mol. The summed E-state index contributed by atoms with van der Waals surface area (Å²) >= 11 is 0. The molecule has 2 N–H and O–H groups in total. The first-order valence-electron chi connectivity index (χ1n) is 7.20. The largest absolute Gasteiger partial charge is 0.395 e. The number of hydrogen-bond acceptors (Lipinski definition) is 2. The zero-order valence-corrected chi connectivity index (χ0v) is 10.6. The maximum Gasteiger partial charge on any atom is 0.0584 e. The molecule has 2 rings (SSSR count). The Kier molecular flexibility index (Phi) is 4.66. The van der Waals surface area contributed by atoms with Crippen molar-refractivity contribution in [2.24, 2.45) is 11.8 Å². The summed E-state index contributed by atoms with van der Waals surface area (Å²) < 4.78 is 0. The smallest absolute Gasteiger partial charge is 0.0584 e. The first-order valence-corrected chi connectivity index (χ1v) is 7.20. The van der Waals surface area contributed by atoms with E-state index in [-0.39, 0.29) is 0 Å². The average Bonchev–Trinajstić information content (AvgIpc) is 2.35. The maximum absolute atomic E-state index is 9.23. The molecule has 0 aromatic rings. The lowest BCUT2D eigenvalue weighted by molar-refractivity contribution is 0.128. The second kappa shape index (κ2) is 6.02. The van der Waals surface area contributed by atoms with Gasteiger partial charge in [0.05, 0.1) is 6.61 Å². The van der Waals surface area contributed by atoms with Crippen molar-refractivity contribution in [2.75, 3.05) is 6.61 Å². The van der Waals surface area contributed by atoms with Crippen LogP contribution in [0.15, 0.2) is 0 Å². The van der Waals surface area contributed by atoms with E-state index in [2.05, 4.69) is 12.2 Å². The van der Waals surface area contributed by atoms with Crippen LogP contribution in [0.1, 0.15) is 58.3 Å². The summed E-state index contributed by atoms with van der Waals surface area (Å²) in [7, 11) is 0. The third-order valence-corrected chi connectivity index (χ3v) is 4.72. The van der Waals surface area contributed by atoms with Gasteiger partial charge in [0.2, 0.25) is 0 Å². The van der Waals surface area contributed by atoms with E-state index in [4.69, 9.17) is 0 Å². The van der Waals surface area contributed by atoms with Gasteiger partial charge >= 0.3 is 0 Å². The van der Waals surface area contributed by atoms with Crippen LogP contribution < -0.4 is 5.32 Å². The van der Waals surface area contributed by atoms with Gasteiger partial charge in [0.25, 0.3) is 0 Å². The highest BCUT2D eigenvalue weighted by atomic mass is 16.3. The minimum absolute atomic E-state index is 0.293. The molecular formula is C14H27NO. The van der Waals surface area contributed by atoms with Gasteiger partial charge in [-0.1, -0.05) is 32.6 Å². The number of nitrogens with one attached hydrogen (secondary N) is 1. The molecule has 0 spiro atoms. The third-order valence-electron chi connectivity index (χ3n) is 4.72. The van der Waals surface area contributed by atoms with Gasteiger partial charge in [-0.3, -0.25) is 0 Å². The van der Waals surface area contributed by atoms with E-state index in [1.165, 1.54) is 44.9 Å². The Balaban J connectivity index is 1.80. The molecule has 0 radical (unpaired) electrons. The summed E-state index contributed by atoms with van der Waals surface area (Å²) in [6.07, 6.45) is 11.0. The van der Waals surface area contributed by atoms with E-state index in [9.17, 15) is 5.11 Å². The summed E-state index contributed by atoms with van der Waals surface area (Å²) in [5.41, 5.74) is 0. The summed E-state index contributed by atoms with van der Waals surface area (Å²) in [5, 5.41) is 12.9. The zero-order chi connectivity index (χ0) is 11.4. The second-order valence-electron chi connectivity index (χ2n) is 5.77. The van der Waals surface area contributed by atoms with Crippen LogP contribution in [-0.4, -0.2) is 23.8 Å². The van der Waals surface area contributed by atoms with Crippen molar-refractivity contribution in [1.29, 1.82) is 0 Å². The molecule has 2 heteroatoms. The number of rotatable bonds is 4. The molecule has 2 nitrogen and oxygen atoms in total. The Bertz CT molecular complexity index is 203. The van der Waals surface area contributed by atoms with Gasteiger partial charge in [-0.15, -0.1) is 0 Å². The van der Waals surface area contributed by atoms with Gasteiger partial charge in [-0.25, -0.2) is 0 Å². The first kappa shape index (κ1) is 12.4. The summed E-state index contributed by atoms with van der Waals surface area (Å²) in [4.78, 5) is 0. The van der Waals surface area contributed by atoms with Gasteiger partial charge in [-0.05, 0) is 37.5 Å². The van der Waals surface area contributed by atoms with Crippen LogP contribution in [0.3, 0.4) is 0 Å². The van der Waals surface area contributed by atoms with Crippen molar-refractivity contribution >= 4 is 0 Å². The van der Waals surface area contributed by atoms with E-state index in [1.807, 2.05) is 0 Å². The van der Waals surface area contributed by atoms with Crippen molar-refractivity contribution in [3.8, 4) is 0 Å². The van der Waals surface area contributed by atoms with Crippen molar-refractivity contribution in [3.63, 3.8) is 0 Å². The van der Waals surface area contributed by atoms with E-state index in [0.717, 1.165) is 18.3 Å². The number of fused-ring (bicyclic) bond motifs is 1. The Morgan fingerprint density at radius 1 is 1.12 bits per heavy atom. The Labute approximate surface area is 99.8 Å². The fraction of sp³-hybridized carbons (Fsp3) is 1.00. The van der Waals surface area contributed by atoms with Crippen LogP contribution in [0.25, 0.3) is 0 Å². The SMILES string of the molecule is CCC(CO)NC1CCC2CCCCC2C1. The molecule has 2 aliphatic carbocycles. The quantitative estimate of drug-likeness (QED) is 0.771. The summed E-state index contributed by atoms with van der Waals surface area (Å²) in [6, 6.07) is 1.00. The molecule has 0 heterocycles. The molecule has 0 saturated heterocycles. The minimum Gasteiger partial charge on any atom is -0.395 e. The highest BCUT2D eigenvalue weighted by molar-refractivity contribution is 4.87. The van der Waals surface area contributed by atoms with Crippen LogP contribution >= 0.6 is 0 Å². The van der Waals surface area contributed by atoms with Gasteiger partial charge in [0, 0.05) is 12.1 Å². The Morgan fingerprint density at radius 2 is 1.88 bits per heavy atom. The van der Waals surface area contributed by atoms with E-state index >= 15 is 0 Å². The molecule has 0 aromatic heterocycles. The van der Waals surface area contributed by atoms with Gasteiger partial charge in [0.15, 0.2) is 0 Å². The molecule has 2 saturated carbocycles. The molecule has 16 heavy (non-hydrogen) atoms. The number of aliphatic hydroxyl groups excluding tert-OH is 1. The van der Waals surface area contributed by atoms with Gasteiger partial charge in [0.1, 0.15) is 0 Å². The summed E-state index contributed by atoms with van der Waals surface area (Å²) in [6.45, 7) is 2.45. The van der Waals surface area contributed by atoms with E-state index < -0.39 is 0 Å². The third kappa shape index (κ3) is 2.98. The topological polar surface area (TPSA) is 32.3 Å². The normalized spacial score (nSPS) is 36.8. The van der Waals surface area contributed by atoms with E-state index in [0.29, 0.717) is 18.7 Å². The van der Waals surface area contributed by atoms with E-state index in [1.54, 1.807) is 0 Å². The lowest BCUT2D eigenvalue weighted by Gasteiger charge is -2.40. The molecule has 2 aliphatic rings. The predicted octanol–water partition coefficient (Wildman–Crippen LogP) is 2.71. The fourth-order valence-electron chi connectivity index (χ4n) is 3.66. The lowest BCUT2D eigenvalue weighted by atomic mass is 9.69. The monoisotopic (exact) mass is 225 g/mol. The molecule has 0 bridgehead atoms. The highest BCUT2D eigenvalue weighted by Crippen LogP contribution is 2.40. The molecule has 0 aliphatic heterocycles. The molecule has 4 unspecified atom stereocenters. The minimum atomic E-state index is 0.293. The maximum atomic E-state index is 9.23. The lowest BCUT2D eigenvalue weighted by Crippen LogP contribution is -2.44. The summed E-state index contributed by atoms with van der Waals surface area (Å²) in [5.74, 6) is 2.01. The van der Waals surface area contributed by atoms with Crippen LogP contribution in [0.4, 0.5) is 0 Å². The highest BCUT2D eigenvalue weighted by Gasteiger charge is 2.32. The standard InChI is InChI=1S/C14H27NO/c1-2-13(10-16)15-14-8-7-11-5-3-4-6-12(11)9-14/h11-16H,2-10H2,1H3. The Hall–Kier alpha value is -0.0800. The van der Waals surface area contributed by atoms with Crippen molar-refractivity contribution < 1.29 is 5.11 Å². The first-order chi connectivity index (χ1) is 7.83. The van der Waals surface area contributed by atoms with Crippen LogP contribution in [0.5, 0.6) is 0 Å². The predicted molar refractivity (Wildman–Crippen MR) is 67.4 cm³/mol. The van der Waals surface area contributed by atoms with Crippen LogP contribution in [-0.2, 0) is 0 Å². The average molecular weight is 225 g/mol. The van der Waals surface area contributed by atoms with Crippen LogP contribution in [0, 0.1) is 11.8 Å².